The van der Waals surface area contributed by atoms with Crippen LogP contribution in [0.2, 0.25) is 0 Å². The predicted octanol–water partition coefficient (Wildman–Crippen LogP) is 0.520. The van der Waals surface area contributed by atoms with Crippen molar-refractivity contribution in [3.63, 3.8) is 0 Å². The number of amides is 2. The molecule has 0 bridgehead atoms. The summed E-state index contributed by atoms with van der Waals surface area (Å²) in [6.45, 7) is 1.56. The van der Waals surface area contributed by atoms with Crippen LogP contribution in [-0.4, -0.2) is 21.3 Å². The molecule has 9 nitrogen and oxygen atoms in total. The fourth-order valence-electron chi connectivity index (χ4n) is 2.48. The van der Waals surface area contributed by atoms with Gasteiger partial charge in [0.05, 0.1) is 21.7 Å². The van der Waals surface area contributed by atoms with E-state index in [1.54, 1.807) is 6.92 Å². The van der Waals surface area contributed by atoms with Gasteiger partial charge in [-0.1, -0.05) is 6.07 Å². The number of hydrogen-bond donors (Lipinski definition) is 2. The molecule has 0 saturated carbocycles. The first-order valence-electron chi connectivity index (χ1n) is 6.48. The van der Waals surface area contributed by atoms with Gasteiger partial charge in [-0.3, -0.25) is 34.4 Å². The number of carbonyl (C=O) groups is 2. The fraction of sp³-hybridized carbons (Fsp3) is 0.0714. The number of anilines is 1. The van der Waals surface area contributed by atoms with Crippen LogP contribution in [0.5, 0.6) is 0 Å². The molecule has 0 aliphatic carbocycles. The van der Waals surface area contributed by atoms with E-state index in [9.17, 15) is 24.5 Å². The van der Waals surface area contributed by atoms with E-state index in [1.807, 2.05) is 5.32 Å². The zero-order valence-corrected chi connectivity index (χ0v) is 11.8. The molecule has 23 heavy (non-hydrogen) atoms. The van der Waals surface area contributed by atoms with Crippen LogP contribution in [0.3, 0.4) is 0 Å². The maximum Gasteiger partial charge on any atom is 0.274 e. The van der Waals surface area contributed by atoms with E-state index in [0.717, 1.165) is 10.6 Å². The summed E-state index contributed by atoms with van der Waals surface area (Å²) >= 11 is 0. The van der Waals surface area contributed by atoms with Crippen LogP contribution in [0.25, 0.3) is 5.69 Å². The minimum Gasteiger partial charge on any atom is -0.384 e. The quantitative estimate of drug-likeness (QED) is 0.471. The minimum atomic E-state index is -0.710. The average molecular weight is 314 g/mol. The zero-order chi connectivity index (χ0) is 16.9. The van der Waals surface area contributed by atoms with Crippen LogP contribution in [0, 0.1) is 17.0 Å². The van der Waals surface area contributed by atoms with Crippen molar-refractivity contribution in [2.24, 2.45) is 0 Å². The maximum atomic E-state index is 12.2. The molecule has 0 spiro atoms. The number of pyridine rings is 1. The number of imide groups is 1. The Bertz CT molecular complexity index is 960. The molecule has 0 atom stereocenters. The lowest BCUT2D eigenvalue weighted by atomic mass is 10.1. The second-order valence-electron chi connectivity index (χ2n) is 5.00. The van der Waals surface area contributed by atoms with Gasteiger partial charge in [-0.15, -0.1) is 0 Å². The number of carbonyl (C=O) groups excluding carboxylic acids is 2. The molecule has 0 fully saturated rings. The predicted molar refractivity (Wildman–Crippen MR) is 79.6 cm³/mol. The topological polar surface area (TPSA) is 137 Å². The molecule has 0 saturated heterocycles. The summed E-state index contributed by atoms with van der Waals surface area (Å²) < 4.78 is 0.962. The van der Waals surface area contributed by atoms with Crippen LogP contribution < -0.4 is 16.6 Å². The first-order valence-corrected chi connectivity index (χ1v) is 6.48. The molecule has 2 heterocycles. The Balaban J connectivity index is 2.31. The summed E-state index contributed by atoms with van der Waals surface area (Å²) in [7, 11) is 0. The number of nitro groups is 1. The van der Waals surface area contributed by atoms with Crippen molar-refractivity contribution in [2.45, 2.75) is 6.92 Å². The number of nitrogens with one attached hydrogen (secondary N) is 1. The summed E-state index contributed by atoms with van der Waals surface area (Å²) in [6, 6.07) is 5.12. The molecular formula is C14H10N4O5. The molecule has 2 amide bonds. The second-order valence-corrected chi connectivity index (χ2v) is 5.00. The number of rotatable bonds is 2. The fourth-order valence-corrected chi connectivity index (χ4v) is 2.48. The monoisotopic (exact) mass is 314 g/mol. The lowest BCUT2D eigenvalue weighted by Gasteiger charge is -2.12. The number of benzene rings is 1. The lowest BCUT2D eigenvalue weighted by Crippen LogP contribution is -2.24. The van der Waals surface area contributed by atoms with Crippen LogP contribution >= 0.6 is 0 Å². The van der Waals surface area contributed by atoms with Gasteiger partial charge in [0.2, 0.25) is 0 Å². The number of fused-ring (bicyclic) bond motifs is 1. The maximum absolute atomic E-state index is 12.2. The van der Waals surface area contributed by atoms with Crippen molar-refractivity contribution < 1.29 is 14.5 Å². The Hall–Kier alpha value is -3.49. The summed E-state index contributed by atoms with van der Waals surface area (Å²) in [5, 5.41) is 13.1. The van der Waals surface area contributed by atoms with Gasteiger partial charge in [0, 0.05) is 17.7 Å². The summed E-state index contributed by atoms with van der Waals surface area (Å²) in [6.07, 6.45) is 0. The first-order chi connectivity index (χ1) is 10.8. The average Bonchev–Trinajstić information content (AvgIpc) is 2.75. The molecule has 3 rings (SSSR count). The van der Waals surface area contributed by atoms with Gasteiger partial charge in [-0.2, -0.15) is 0 Å². The number of nitro benzene ring substituents is 1. The van der Waals surface area contributed by atoms with Crippen molar-refractivity contribution in [3.8, 4) is 5.69 Å². The minimum absolute atomic E-state index is 0.102. The van der Waals surface area contributed by atoms with Gasteiger partial charge in [0.1, 0.15) is 5.82 Å². The second kappa shape index (κ2) is 4.77. The molecule has 9 heteroatoms. The van der Waals surface area contributed by atoms with Crippen molar-refractivity contribution >= 4 is 23.3 Å². The van der Waals surface area contributed by atoms with Gasteiger partial charge >= 0.3 is 0 Å². The molecule has 1 aliphatic heterocycles. The third-order valence-electron chi connectivity index (χ3n) is 3.60. The molecule has 0 unspecified atom stereocenters. The van der Waals surface area contributed by atoms with E-state index in [1.165, 1.54) is 18.2 Å². The van der Waals surface area contributed by atoms with E-state index in [0.29, 0.717) is 5.56 Å². The van der Waals surface area contributed by atoms with Gasteiger partial charge < -0.3 is 5.73 Å². The zero-order valence-electron chi connectivity index (χ0n) is 11.8. The number of aromatic nitrogens is 1. The molecule has 2 aromatic rings. The normalized spacial score (nSPS) is 12.9. The third-order valence-corrected chi connectivity index (χ3v) is 3.60. The van der Waals surface area contributed by atoms with Gasteiger partial charge in [0.25, 0.3) is 23.1 Å². The molecule has 1 aromatic carbocycles. The SMILES string of the molecule is Cc1ccc(-n2c(N)c3c(cc2=O)C(=O)NC3=O)cc1[N+](=O)[O-]. The highest BCUT2D eigenvalue weighted by Gasteiger charge is 2.32. The third kappa shape index (κ3) is 2.06. The van der Waals surface area contributed by atoms with Crippen LogP contribution in [0.1, 0.15) is 26.3 Å². The standard InChI is InChI=1S/C14H10N4O5/c1-6-2-3-7(4-9(6)18(22)23)17-10(19)5-8-11(12(17)15)14(21)16-13(8)20/h2-5H,15H2,1H3,(H,16,20,21). The van der Waals surface area contributed by atoms with E-state index < -0.39 is 22.3 Å². The number of nitrogens with zero attached hydrogens (tertiary/aromatic N) is 2. The van der Waals surface area contributed by atoms with Gasteiger partial charge in [-0.25, -0.2) is 0 Å². The molecule has 116 valence electrons. The molecule has 1 aliphatic rings. The van der Waals surface area contributed by atoms with Gasteiger partial charge in [-0.05, 0) is 13.0 Å². The van der Waals surface area contributed by atoms with E-state index >= 15 is 0 Å². The molecule has 0 radical (unpaired) electrons. The Labute approximate surface area is 128 Å². The van der Waals surface area contributed by atoms with Gasteiger partial charge in [0.15, 0.2) is 0 Å². The number of nitrogens with two attached hydrogens (primary N) is 1. The highest BCUT2D eigenvalue weighted by molar-refractivity contribution is 6.23. The van der Waals surface area contributed by atoms with Crippen molar-refractivity contribution in [1.29, 1.82) is 0 Å². The summed E-state index contributed by atoms with van der Waals surface area (Å²) in [5.74, 6) is -1.65. The molecular weight excluding hydrogens is 304 g/mol. The smallest absolute Gasteiger partial charge is 0.274 e. The highest BCUT2D eigenvalue weighted by atomic mass is 16.6. The largest absolute Gasteiger partial charge is 0.384 e. The Morgan fingerprint density at radius 3 is 2.52 bits per heavy atom. The Morgan fingerprint density at radius 1 is 1.17 bits per heavy atom. The number of nitrogen functional groups attached to an aromatic ring is 1. The molecule has 3 N–H and O–H groups in total. The Kier molecular flexibility index (Phi) is 2.99. The summed E-state index contributed by atoms with van der Waals surface area (Å²) in [5.41, 5.74) is 5.36. The van der Waals surface area contributed by atoms with Crippen molar-refractivity contribution in [1.82, 2.24) is 9.88 Å². The van der Waals surface area contributed by atoms with E-state index in [4.69, 9.17) is 5.73 Å². The number of aryl methyl sites for hydroxylation is 1. The van der Waals surface area contributed by atoms with Crippen LogP contribution in [-0.2, 0) is 0 Å². The lowest BCUT2D eigenvalue weighted by molar-refractivity contribution is -0.385. The Morgan fingerprint density at radius 2 is 1.87 bits per heavy atom. The van der Waals surface area contributed by atoms with Crippen LogP contribution in [0.4, 0.5) is 11.5 Å². The van der Waals surface area contributed by atoms with Crippen LogP contribution in [0.15, 0.2) is 29.1 Å². The number of hydrogen-bond acceptors (Lipinski definition) is 6. The summed E-state index contributed by atoms with van der Waals surface area (Å²) in [4.78, 5) is 46.1. The molecule has 1 aromatic heterocycles. The van der Waals surface area contributed by atoms with E-state index in [2.05, 4.69) is 0 Å². The first kappa shape index (κ1) is 14.4. The van der Waals surface area contributed by atoms with E-state index in [-0.39, 0.29) is 28.3 Å². The highest BCUT2D eigenvalue weighted by Crippen LogP contribution is 2.26. The van der Waals surface area contributed by atoms with Crippen molar-refractivity contribution in [3.05, 3.63) is 61.4 Å². The van der Waals surface area contributed by atoms with Crippen molar-refractivity contribution in [2.75, 3.05) is 5.73 Å².